The van der Waals surface area contributed by atoms with E-state index in [0.717, 1.165) is 34.9 Å². The molecule has 1 atom stereocenters. The largest absolute Gasteiger partial charge is 0.352 e. The Morgan fingerprint density at radius 3 is 2.96 bits per heavy atom. The van der Waals surface area contributed by atoms with E-state index in [1.54, 1.807) is 17.1 Å². The van der Waals surface area contributed by atoms with Crippen LogP contribution in [0.5, 0.6) is 0 Å². The zero-order valence-electron chi connectivity index (χ0n) is 13.4. The van der Waals surface area contributed by atoms with E-state index in [-0.39, 0.29) is 11.9 Å². The molecule has 24 heavy (non-hydrogen) atoms. The Kier molecular flexibility index (Phi) is 3.41. The smallest absolute Gasteiger partial charge is 0.220 e. The lowest BCUT2D eigenvalue weighted by molar-refractivity contribution is -0.119. The van der Waals surface area contributed by atoms with Gasteiger partial charge in [-0.3, -0.25) is 14.5 Å². The maximum Gasteiger partial charge on any atom is 0.220 e. The summed E-state index contributed by atoms with van der Waals surface area (Å²) in [6.07, 6.45) is 10.7. The molecule has 4 heterocycles. The lowest BCUT2D eigenvalue weighted by Gasteiger charge is -2.30. The molecule has 2 aliphatic heterocycles. The summed E-state index contributed by atoms with van der Waals surface area (Å²) in [5, 5.41) is 7.18. The minimum atomic E-state index is 0.105. The summed E-state index contributed by atoms with van der Waals surface area (Å²) in [5.74, 6) is 0.874. The van der Waals surface area contributed by atoms with E-state index < -0.39 is 0 Å². The molecular weight excluding hydrogens is 304 g/mol. The molecular formula is C17H18N6O. The summed E-state index contributed by atoms with van der Waals surface area (Å²) in [5.41, 5.74) is 3.34. The fraction of sp³-hybridized carbons (Fsp3) is 0.294. The molecule has 7 nitrogen and oxygen atoms in total. The molecule has 122 valence electrons. The van der Waals surface area contributed by atoms with Gasteiger partial charge in [0.1, 0.15) is 5.69 Å². The highest BCUT2D eigenvalue weighted by molar-refractivity contribution is 5.79. The van der Waals surface area contributed by atoms with Gasteiger partial charge in [-0.05, 0) is 18.6 Å². The first-order valence-corrected chi connectivity index (χ1v) is 7.90. The molecule has 2 aromatic heterocycles. The zero-order valence-corrected chi connectivity index (χ0v) is 13.4. The van der Waals surface area contributed by atoms with Crippen LogP contribution in [-0.4, -0.2) is 38.2 Å². The molecule has 2 aliphatic rings. The van der Waals surface area contributed by atoms with Crippen LogP contribution in [0, 0.1) is 0 Å². The summed E-state index contributed by atoms with van der Waals surface area (Å²) in [6.45, 7) is 4.75. The van der Waals surface area contributed by atoms with E-state index in [9.17, 15) is 4.79 Å². The zero-order chi connectivity index (χ0) is 16.7. The van der Waals surface area contributed by atoms with Crippen molar-refractivity contribution in [1.82, 2.24) is 25.1 Å². The number of nitrogens with zero attached hydrogens (tertiary/aromatic N) is 5. The second-order valence-electron chi connectivity index (χ2n) is 6.11. The van der Waals surface area contributed by atoms with Gasteiger partial charge in [0, 0.05) is 43.5 Å². The molecule has 0 radical (unpaired) electrons. The lowest BCUT2D eigenvalue weighted by Crippen LogP contribution is -2.39. The van der Waals surface area contributed by atoms with Gasteiger partial charge >= 0.3 is 0 Å². The SMILES string of the molecule is C=C1C=Cc2ncc(-c3cnn(C)c3)nc2N1CC1CCC(=O)N1. The van der Waals surface area contributed by atoms with Crippen molar-refractivity contribution in [3.8, 4) is 11.3 Å². The van der Waals surface area contributed by atoms with Crippen molar-refractivity contribution in [3.63, 3.8) is 0 Å². The van der Waals surface area contributed by atoms with Crippen LogP contribution in [0.3, 0.4) is 0 Å². The number of carbonyl (C=O) groups excluding carboxylic acids is 1. The van der Waals surface area contributed by atoms with Crippen LogP contribution < -0.4 is 10.2 Å². The van der Waals surface area contributed by atoms with Crippen molar-refractivity contribution < 1.29 is 4.79 Å². The molecule has 0 aliphatic carbocycles. The Hall–Kier alpha value is -2.96. The third kappa shape index (κ3) is 2.58. The Balaban J connectivity index is 1.68. The van der Waals surface area contributed by atoms with Gasteiger partial charge in [-0.2, -0.15) is 5.10 Å². The monoisotopic (exact) mass is 322 g/mol. The van der Waals surface area contributed by atoms with Crippen LogP contribution in [0.4, 0.5) is 5.82 Å². The van der Waals surface area contributed by atoms with E-state index in [2.05, 4.69) is 22.0 Å². The number of hydrogen-bond acceptors (Lipinski definition) is 5. The normalized spacial score (nSPS) is 19.5. The third-order valence-corrected chi connectivity index (χ3v) is 4.31. The number of aryl methyl sites for hydroxylation is 1. The first-order valence-electron chi connectivity index (χ1n) is 7.90. The molecule has 4 rings (SSSR count). The summed E-state index contributed by atoms with van der Waals surface area (Å²) >= 11 is 0. The molecule has 0 saturated carbocycles. The predicted octanol–water partition coefficient (Wildman–Crippen LogP) is 1.50. The number of fused-ring (bicyclic) bond motifs is 1. The Morgan fingerprint density at radius 1 is 1.38 bits per heavy atom. The summed E-state index contributed by atoms with van der Waals surface area (Å²) in [6, 6.07) is 0.109. The first-order chi connectivity index (χ1) is 11.6. The molecule has 1 saturated heterocycles. The Labute approximate surface area is 139 Å². The van der Waals surface area contributed by atoms with E-state index in [1.807, 2.05) is 30.3 Å². The summed E-state index contributed by atoms with van der Waals surface area (Å²) in [7, 11) is 1.87. The average molecular weight is 322 g/mol. The number of hydrogen-bond donors (Lipinski definition) is 1. The molecule has 2 aromatic rings. The number of rotatable bonds is 3. The molecule has 0 spiro atoms. The van der Waals surface area contributed by atoms with Crippen LogP contribution in [0.25, 0.3) is 17.3 Å². The average Bonchev–Trinajstić information content (AvgIpc) is 3.18. The van der Waals surface area contributed by atoms with E-state index >= 15 is 0 Å². The van der Waals surface area contributed by atoms with Crippen molar-refractivity contribution in [2.45, 2.75) is 18.9 Å². The third-order valence-electron chi connectivity index (χ3n) is 4.31. The number of anilines is 1. The fourth-order valence-corrected chi connectivity index (χ4v) is 3.04. The Morgan fingerprint density at radius 2 is 2.25 bits per heavy atom. The maximum atomic E-state index is 11.5. The quantitative estimate of drug-likeness (QED) is 0.927. The standard InChI is InChI=1S/C17H18N6O/c1-11-3-5-14-17(23(11)10-13-4-6-16(24)20-13)21-15(8-18-14)12-7-19-22(2)9-12/h3,5,7-9,13H,1,4,6,10H2,2H3,(H,20,24). The maximum absolute atomic E-state index is 11.5. The number of nitrogens with one attached hydrogen (secondary N) is 1. The van der Waals surface area contributed by atoms with Crippen LogP contribution in [0.2, 0.25) is 0 Å². The van der Waals surface area contributed by atoms with Gasteiger partial charge in [-0.25, -0.2) is 4.98 Å². The van der Waals surface area contributed by atoms with Crippen LogP contribution in [0.15, 0.2) is 36.9 Å². The van der Waals surface area contributed by atoms with Gasteiger partial charge in [0.15, 0.2) is 5.82 Å². The molecule has 1 N–H and O–H groups in total. The first kappa shape index (κ1) is 14.6. The number of carbonyl (C=O) groups is 1. The van der Waals surface area contributed by atoms with Crippen molar-refractivity contribution in [1.29, 1.82) is 0 Å². The molecule has 1 fully saturated rings. The second kappa shape index (κ2) is 5.59. The van der Waals surface area contributed by atoms with E-state index in [4.69, 9.17) is 4.98 Å². The highest BCUT2D eigenvalue weighted by Crippen LogP contribution is 2.30. The van der Waals surface area contributed by atoms with Gasteiger partial charge in [0.2, 0.25) is 5.91 Å². The minimum Gasteiger partial charge on any atom is -0.352 e. The van der Waals surface area contributed by atoms with E-state index in [0.29, 0.717) is 13.0 Å². The van der Waals surface area contributed by atoms with Gasteiger partial charge in [0.05, 0.1) is 18.1 Å². The summed E-state index contributed by atoms with van der Waals surface area (Å²) in [4.78, 5) is 22.8. The second-order valence-corrected chi connectivity index (χ2v) is 6.11. The fourth-order valence-electron chi connectivity index (χ4n) is 3.04. The minimum absolute atomic E-state index is 0.105. The van der Waals surface area contributed by atoms with Gasteiger partial charge in [0.25, 0.3) is 0 Å². The summed E-state index contributed by atoms with van der Waals surface area (Å²) < 4.78 is 1.74. The number of aromatic nitrogens is 4. The van der Waals surface area contributed by atoms with Crippen molar-refractivity contribution in [2.75, 3.05) is 11.4 Å². The van der Waals surface area contributed by atoms with Crippen LogP contribution >= 0.6 is 0 Å². The van der Waals surface area contributed by atoms with Gasteiger partial charge < -0.3 is 10.2 Å². The number of allylic oxidation sites excluding steroid dienone is 1. The van der Waals surface area contributed by atoms with Crippen LogP contribution in [-0.2, 0) is 11.8 Å². The Bertz CT molecular complexity index is 853. The highest BCUT2D eigenvalue weighted by Gasteiger charge is 2.27. The lowest BCUT2D eigenvalue weighted by atomic mass is 10.1. The molecule has 1 amide bonds. The number of amides is 1. The molecule has 1 unspecified atom stereocenters. The van der Waals surface area contributed by atoms with Gasteiger partial charge in [-0.1, -0.05) is 6.58 Å². The van der Waals surface area contributed by atoms with Gasteiger partial charge in [-0.15, -0.1) is 0 Å². The molecule has 0 aromatic carbocycles. The van der Waals surface area contributed by atoms with Crippen molar-refractivity contribution >= 4 is 17.8 Å². The predicted molar refractivity (Wildman–Crippen MR) is 90.9 cm³/mol. The van der Waals surface area contributed by atoms with Crippen molar-refractivity contribution in [3.05, 3.63) is 42.6 Å². The molecule has 7 heteroatoms. The van der Waals surface area contributed by atoms with Crippen LogP contribution in [0.1, 0.15) is 18.5 Å². The van der Waals surface area contributed by atoms with E-state index in [1.165, 1.54) is 0 Å². The van der Waals surface area contributed by atoms with Crippen molar-refractivity contribution in [2.24, 2.45) is 7.05 Å². The topological polar surface area (TPSA) is 75.9 Å². The molecule has 0 bridgehead atoms. The highest BCUT2D eigenvalue weighted by atomic mass is 16.1.